The molecule has 4 rings (SSSR count). The Bertz CT molecular complexity index is 1090. The third-order valence-electron chi connectivity index (χ3n) is 7.52. The van der Waals surface area contributed by atoms with Crippen molar-refractivity contribution in [3.63, 3.8) is 0 Å². The van der Waals surface area contributed by atoms with Crippen LogP contribution in [0.3, 0.4) is 0 Å². The Morgan fingerprint density at radius 1 is 0.868 bits per heavy atom. The van der Waals surface area contributed by atoms with Crippen LogP contribution in [0.15, 0.2) is 42.5 Å². The van der Waals surface area contributed by atoms with E-state index in [2.05, 4.69) is 10.2 Å². The molecule has 1 amide bonds. The third-order valence-corrected chi connectivity index (χ3v) is 7.52. The van der Waals surface area contributed by atoms with Crippen molar-refractivity contribution in [2.45, 2.75) is 56.9 Å². The number of nitrogen functional groups attached to an aromatic ring is 1. The fourth-order valence-electron chi connectivity index (χ4n) is 5.23. The Morgan fingerprint density at radius 2 is 1.50 bits per heavy atom. The van der Waals surface area contributed by atoms with Crippen LogP contribution < -0.4 is 16.0 Å². The SMILES string of the molecule is Nc1ccc(NC2CCN(C(=O)CCC3CCN(c4ccc(C(F)(F)F)cc4)CC3)CC2)cc1C(F)(F)F. The first-order valence-electron chi connectivity index (χ1n) is 12.8. The van der Waals surface area contributed by atoms with Crippen LogP contribution in [0, 0.1) is 5.92 Å². The molecule has 0 atom stereocenters. The Morgan fingerprint density at radius 3 is 2.08 bits per heavy atom. The molecule has 2 aromatic carbocycles. The smallest absolute Gasteiger partial charge is 0.398 e. The van der Waals surface area contributed by atoms with Gasteiger partial charge in [-0.25, -0.2) is 0 Å². The molecule has 2 fully saturated rings. The first kappa shape index (κ1) is 27.9. The van der Waals surface area contributed by atoms with Gasteiger partial charge in [0.2, 0.25) is 5.91 Å². The molecular weight excluding hydrogens is 510 g/mol. The van der Waals surface area contributed by atoms with Crippen molar-refractivity contribution < 1.29 is 31.1 Å². The van der Waals surface area contributed by atoms with Crippen molar-refractivity contribution in [1.82, 2.24) is 4.90 Å². The molecular formula is C27H32F6N4O. The van der Waals surface area contributed by atoms with Crippen LogP contribution in [0.25, 0.3) is 0 Å². The largest absolute Gasteiger partial charge is 0.418 e. The number of hydrogen-bond acceptors (Lipinski definition) is 4. The highest BCUT2D eigenvalue weighted by Gasteiger charge is 2.34. The summed E-state index contributed by atoms with van der Waals surface area (Å²) in [5.74, 6) is 0.470. The molecule has 0 aromatic heterocycles. The van der Waals surface area contributed by atoms with Gasteiger partial charge in [0, 0.05) is 55.7 Å². The van der Waals surface area contributed by atoms with Gasteiger partial charge in [-0.2, -0.15) is 26.3 Å². The van der Waals surface area contributed by atoms with E-state index in [9.17, 15) is 31.1 Å². The van der Waals surface area contributed by atoms with Gasteiger partial charge in [-0.15, -0.1) is 0 Å². The molecule has 0 spiro atoms. The average Bonchev–Trinajstić information content (AvgIpc) is 2.88. The molecule has 38 heavy (non-hydrogen) atoms. The van der Waals surface area contributed by atoms with E-state index >= 15 is 0 Å². The highest BCUT2D eigenvalue weighted by molar-refractivity contribution is 5.76. The number of carbonyl (C=O) groups is 1. The molecule has 0 bridgehead atoms. The van der Waals surface area contributed by atoms with Gasteiger partial charge in [0.05, 0.1) is 11.1 Å². The second-order valence-electron chi connectivity index (χ2n) is 10.1. The number of hydrogen-bond donors (Lipinski definition) is 2. The fraction of sp³-hybridized carbons (Fsp3) is 0.519. The molecule has 2 aliphatic rings. The van der Waals surface area contributed by atoms with Gasteiger partial charge in [0.1, 0.15) is 0 Å². The van der Waals surface area contributed by atoms with Crippen molar-refractivity contribution in [2.75, 3.05) is 42.1 Å². The number of amides is 1. The van der Waals surface area contributed by atoms with Gasteiger partial charge in [-0.1, -0.05) is 0 Å². The summed E-state index contributed by atoms with van der Waals surface area (Å²) in [4.78, 5) is 16.7. The topological polar surface area (TPSA) is 61.6 Å². The van der Waals surface area contributed by atoms with Crippen molar-refractivity contribution in [3.8, 4) is 0 Å². The van der Waals surface area contributed by atoms with Gasteiger partial charge >= 0.3 is 12.4 Å². The van der Waals surface area contributed by atoms with E-state index in [4.69, 9.17) is 5.73 Å². The van der Waals surface area contributed by atoms with Crippen LogP contribution in [-0.4, -0.2) is 43.0 Å². The molecule has 0 aliphatic carbocycles. The summed E-state index contributed by atoms with van der Waals surface area (Å²) in [6.45, 7) is 2.57. The zero-order valence-electron chi connectivity index (χ0n) is 20.9. The zero-order chi connectivity index (χ0) is 27.5. The van der Waals surface area contributed by atoms with Gasteiger partial charge in [-0.3, -0.25) is 4.79 Å². The maximum atomic E-state index is 13.1. The number of anilines is 3. The Balaban J connectivity index is 1.17. The fourth-order valence-corrected chi connectivity index (χ4v) is 5.23. The molecule has 5 nitrogen and oxygen atoms in total. The number of rotatable bonds is 6. The number of piperidine rings is 2. The quantitative estimate of drug-likeness (QED) is 0.327. The molecule has 2 aliphatic heterocycles. The molecule has 2 aromatic rings. The normalized spacial score (nSPS) is 18.1. The number of alkyl halides is 6. The van der Waals surface area contributed by atoms with Crippen LogP contribution in [0.4, 0.5) is 43.4 Å². The minimum absolute atomic E-state index is 0.0294. The Labute approximate surface area is 218 Å². The number of benzene rings is 2. The summed E-state index contributed by atoms with van der Waals surface area (Å²) >= 11 is 0. The van der Waals surface area contributed by atoms with Crippen molar-refractivity contribution in [1.29, 1.82) is 0 Å². The predicted octanol–water partition coefficient (Wildman–Crippen LogP) is 6.41. The van der Waals surface area contributed by atoms with E-state index < -0.39 is 23.5 Å². The molecule has 2 saturated heterocycles. The maximum Gasteiger partial charge on any atom is 0.418 e. The van der Waals surface area contributed by atoms with E-state index in [1.165, 1.54) is 24.3 Å². The van der Waals surface area contributed by atoms with Gasteiger partial charge in [0.25, 0.3) is 0 Å². The predicted molar refractivity (Wildman–Crippen MR) is 135 cm³/mol. The highest BCUT2D eigenvalue weighted by Crippen LogP contribution is 2.36. The molecule has 2 heterocycles. The van der Waals surface area contributed by atoms with E-state index in [-0.39, 0.29) is 17.6 Å². The summed E-state index contributed by atoms with van der Waals surface area (Å²) in [7, 11) is 0. The second kappa shape index (κ2) is 11.3. The maximum absolute atomic E-state index is 13.1. The van der Waals surface area contributed by atoms with Crippen LogP contribution >= 0.6 is 0 Å². The summed E-state index contributed by atoms with van der Waals surface area (Å²) in [5, 5.41) is 3.14. The van der Waals surface area contributed by atoms with Gasteiger partial charge < -0.3 is 20.9 Å². The Kier molecular flexibility index (Phi) is 8.32. The summed E-state index contributed by atoms with van der Waals surface area (Å²) in [6, 6.07) is 9.00. The number of carbonyl (C=O) groups excluding carboxylic acids is 1. The second-order valence-corrected chi connectivity index (χ2v) is 10.1. The molecule has 0 radical (unpaired) electrons. The van der Waals surface area contributed by atoms with E-state index in [1.807, 2.05) is 4.90 Å². The number of nitrogens with two attached hydrogens (primary N) is 1. The summed E-state index contributed by atoms with van der Waals surface area (Å²) in [5.41, 5.74) is 4.77. The van der Waals surface area contributed by atoms with Crippen molar-refractivity contribution >= 4 is 23.0 Å². The lowest BCUT2D eigenvalue weighted by molar-refractivity contribution is -0.138. The average molecular weight is 543 g/mol. The third kappa shape index (κ3) is 7.05. The van der Waals surface area contributed by atoms with Crippen molar-refractivity contribution in [2.24, 2.45) is 5.92 Å². The highest BCUT2D eigenvalue weighted by atomic mass is 19.4. The Hall–Kier alpha value is -3.11. The standard InChI is InChI=1S/C27H32F6N4O/c28-26(29,30)19-2-5-22(6-3-19)36-13-9-18(10-14-36)1-8-25(38)37-15-11-20(12-16-37)35-21-4-7-24(34)23(17-21)27(31,32)33/h2-7,17-18,20,35H,1,8-16,34H2. The first-order chi connectivity index (χ1) is 17.9. The van der Waals surface area contributed by atoms with Crippen LogP contribution in [0.2, 0.25) is 0 Å². The number of nitrogens with zero attached hydrogens (tertiary/aromatic N) is 2. The number of nitrogens with one attached hydrogen (secondary N) is 1. The van der Waals surface area contributed by atoms with Crippen molar-refractivity contribution in [3.05, 3.63) is 53.6 Å². The monoisotopic (exact) mass is 542 g/mol. The molecule has 11 heteroatoms. The van der Waals surface area contributed by atoms with E-state index in [0.717, 1.165) is 56.2 Å². The minimum atomic E-state index is -4.52. The summed E-state index contributed by atoms with van der Waals surface area (Å²) in [6.07, 6.45) is -4.62. The van der Waals surface area contributed by atoms with E-state index in [1.54, 1.807) is 0 Å². The van der Waals surface area contributed by atoms with Crippen LogP contribution in [0.1, 0.15) is 49.7 Å². The molecule has 0 saturated carbocycles. The lowest BCUT2D eigenvalue weighted by Crippen LogP contribution is -2.42. The molecule has 0 unspecified atom stereocenters. The zero-order valence-corrected chi connectivity index (χ0v) is 20.9. The summed E-state index contributed by atoms with van der Waals surface area (Å²) < 4.78 is 77.7. The lowest BCUT2D eigenvalue weighted by atomic mass is 9.91. The van der Waals surface area contributed by atoms with E-state index in [0.29, 0.717) is 44.0 Å². The first-order valence-corrected chi connectivity index (χ1v) is 12.8. The molecule has 208 valence electrons. The minimum Gasteiger partial charge on any atom is -0.398 e. The molecule has 3 N–H and O–H groups in total. The van der Waals surface area contributed by atoms with Gasteiger partial charge in [0.15, 0.2) is 0 Å². The van der Waals surface area contributed by atoms with Gasteiger partial charge in [-0.05, 0) is 80.5 Å². The number of likely N-dealkylation sites (tertiary alicyclic amines) is 1. The van der Waals surface area contributed by atoms with Crippen LogP contribution in [-0.2, 0) is 17.1 Å². The lowest BCUT2D eigenvalue weighted by Gasteiger charge is -2.35. The number of halogens is 6. The van der Waals surface area contributed by atoms with Crippen LogP contribution in [0.5, 0.6) is 0 Å².